The van der Waals surface area contributed by atoms with Crippen LogP contribution in [0.4, 0.5) is 0 Å². The standard InChI is InChI=1S/C16H23NO3/c1-3-4-14-13-15(18-2)5-6-16(14)20-12-9-17-7-10-19-11-8-17/h3,5-6,13H,1,4,7-12H2,2H3. The predicted octanol–water partition coefficient (Wildman–Crippen LogP) is 2.13. The van der Waals surface area contributed by atoms with Crippen LogP contribution in [0.15, 0.2) is 30.9 Å². The first-order valence-corrected chi connectivity index (χ1v) is 7.04. The van der Waals surface area contributed by atoms with Gasteiger partial charge in [-0.25, -0.2) is 0 Å². The Hall–Kier alpha value is -1.52. The van der Waals surface area contributed by atoms with Crippen LogP contribution in [0.5, 0.6) is 11.5 Å². The molecule has 0 spiro atoms. The van der Waals surface area contributed by atoms with E-state index in [1.165, 1.54) is 0 Å². The van der Waals surface area contributed by atoms with Gasteiger partial charge in [0.2, 0.25) is 0 Å². The Balaban J connectivity index is 1.88. The molecule has 4 nitrogen and oxygen atoms in total. The molecule has 0 atom stereocenters. The zero-order chi connectivity index (χ0) is 14.2. The molecule has 0 amide bonds. The van der Waals surface area contributed by atoms with Crippen LogP contribution in [0, 0.1) is 0 Å². The molecule has 20 heavy (non-hydrogen) atoms. The monoisotopic (exact) mass is 277 g/mol. The molecular weight excluding hydrogens is 254 g/mol. The molecule has 1 saturated heterocycles. The number of hydrogen-bond donors (Lipinski definition) is 0. The molecule has 0 bridgehead atoms. The van der Waals surface area contributed by atoms with Crippen LogP contribution in [0.2, 0.25) is 0 Å². The smallest absolute Gasteiger partial charge is 0.123 e. The molecule has 0 aromatic heterocycles. The van der Waals surface area contributed by atoms with Crippen molar-refractivity contribution in [3.8, 4) is 11.5 Å². The molecule has 1 aliphatic heterocycles. The molecule has 1 aromatic rings. The van der Waals surface area contributed by atoms with Gasteiger partial charge in [-0.2, -0.15) is 0 Å². The zero-order valence-corrected chi connectivity index (χ0v) is 12.1. The Morgan fingerprint density at radius 3 is 2.85 bits per heavy atom. The topological polar surface area (TPSA) is 30.9 Å². The molecule has 1 fully saturated rings. The van der Waals surface area contributed by atoms with Crippen molar-refractivity contribution in [2.24, 2.45) is 0 Å². The molecule has 1 heterocycles. The maximum Gasteiger partial charge on any atom is 0.123 e. The van der Waals surface area contributed by atoms with Gasteiger partial charge in [0.05, 0.1) is 20.3 Å². The molecular formula is C16H23NO3. The summed E-state index contributed by atoms with van der Waals surface area (Å²) in [6, 6.07) is 5.90. The highest BCUT2D eigenvalue weighted by Gasteiger charge is 2.10. The maximum atomic E-state index is 5.91. The first kappa shape index (κ1) is 14.9. The summed E-state index contributed by atoms with van der Waals surface area (Å²) in [5.74, 6) is 1.77. The van der Waals surface area contributed by atoms with Crippen LogP contribution >= 0.6 is 0 Å². The minimum absolute atomic E-state index is 0.691. The van der Waals surface area contributed by atoms with Crippen molar-refractivity contribution in [2.45, 2.75) is 6.42 Å². The van der Waals surface area contributed by atoms with Crippen LogP contribution in [-0.2, 0) is 11.2 Å². The zero-order valence-electron chi connectivity index (χ0n) is 12.1. The number of allylic oxidation sites excluding steroid dienone is 1. The number of benzene rings is 1. The van der Waals surface area contributed by atoms with E-state index in [1.54, 1.807) is 7.11 Å². The van der Waals surface area contributed by atoms with Crippen molar-refractivity contribution < 1.29 is 14.2 Å². The van der Waals surface area contributed by atoms with Gasteiger partial charge >= 0.3 is 0 Å². The lowest BCUT2D eigenvalue weighted by atomic mass is 10.1. The van der Waals surface area contributed by atoms with Gasteiger partial charge in [0.15, 0.2) is 0 Å². The normalized spacial score (nSPS) is 15.8. The number of nitrogens with zero attached hydrogens (tertiary/aromatic N) is 1. The minimum Gasteiger partial charge on any atom is -0.497 e. The summed E-state index contributed by atoms with van der Waals surface area (Å²) < 4.78 is 16.5. The third-order valence-corrected chi connectivity index (χ3v) is 3.40. The van der Waals surface area contributed by atoms with E-state index in [-0.39, 0.29) is 0 Å². The van der Waals surface area contributed by atoms with Crippen molar-refractivity contribution in [1.29, 1.82) is 0 Å². The minimum atomic E-state index is 0.691. The van der Waals surface area contributed by atoms with Crippen molar-refractivity contribution in [3.05, 3.63) is 36.4 Å². The van der Waals surface area contributed by atoms with Crippen LogP contribution in [-0.4, -0.2) is 51.5 Å². The molecule has 0 saturated carbocycles. The third-order valence-electron chi connectivity index (χ3n) is 3.40. The second-order valence-corrected chi connectivity index (χ2v) is 4.77. The van der Waals surface area contributed by atoms with E-state index in [0.29, 0.717) is 6.61 Å². The second kappa shape index (κ2) is 7.92. The lowest BCUT2D eigenvalue weighted by Gasteiger charge is -2.26. The van der Waals surface area contributed by atoms with Gasteiger partial charge in [-0.05, 0) is 24.6 Å². The average Bonchev–Trinajstić information content (AvgIpc) is 2.50. The highest BCUT2D eigenvalue weighted by atomic mass is 16.5. The molecule has 1 aromatic carbocycles. The van der Waals surface area contributed by atoms with Crippen molar-refractivity contribution in [2.75, 3.05) is 46.6 Å². The van der Waals surface area contributed by atoms with Gasteiger partial charge in [-0.3, -0.25) is 4.90 Å². The Labute approximate surface area is 120 Å². The van der Waals surface area contributed by atoms with E-state index in [1.807, 2.05) is 24.3 Å². The number of hydrogen-bond acceptors (Lipinski definition) is 4. The quantitative estimate of drug-likeness (QED) is 0.715. The van der Waals surface area contributed by atoms with Crippen LogP contribution < -0.4 is 9.47 Å². The van der Waals surface area contributed by atoms with Gasteiger partial charge in [-0.1, -0.05) is 6.08 Å². The predicted molar refractivity (Wildman–Crippen MR) is 79.6 cm³/mol. The summed E-state index contributed by atoms with van der Waals surface area (Å²) in [6.45, 7) is 9.04. The summed E-state index contributed by atoms with van der Waals surface area (Å²) >= 11 is 0. The first-order chi connectivity index (χ1) is 9.83. The van der Waals surface area contributed by atoms with Crippen LogP contribution in [0.3, 0.4) is 0 Å². The fourth-order valence-corrected chi connectivity index (χ4v) is 2.25. The van der Waals surface area contributed by atoms with Crippen molar-refractivity contribution in [3.63, 3.8) is 0 Å². The average molecular weight is 277 g/mol. The van der Waals surface area contributed by atoms with E-state index < -0.39 is 0 Å². The number of ether oxygens (including phenoxy) is 3. The van der Waals surface area contributed by atoms with E-state index in [4.69, 9.17) is 14.2 Å². The largest absolute Gasteiger partial charge is 0.497 e. The van der Waals surface area contributed by atoms with Gasteiger partial charge < -0.3 is 14.2 Å². The molecule has 4 heteroatoms. The molecule has 0 radical (unpaired) electrons. The SMILES string of the molecule is C=CCc1cc(OC)ccc1OCCN1CCOCC1. The van der Waals surface area contributed by atoms with Crippen molar-refractivity contribution >= 4 is 0 Å². The Kier molecular flexibility index (Phi) is 5.89. The summed E-state index contributed by atoms with van der Waals surface area (Å²) in [6.07, 6.45) is 2.66. The third kappa shape index (κ3) is 4.25. The van der Waals surface area contributed by atoms with E-state index in [9.17, 15) is 0 Å². The number of rotatable bonds is 7. The Morgan fingerprint density at radius 1 is 1.35 bits per heavy atom. The molecule has 0 N–H and O–H groups in total. The summed E-state index contributed by atoms with van der Waals surface area (Å²) in [7, 11) is 1.67. The molecule has 2 rings (SSSR count). The van der Waals surface area contributed by atoms with Gasteiger partial charge in [0.1, 0.15) is 18.1 Å². The maximum absolute atomic E-state index is 5.91. The lowest BCUT2D eigenvalue weighted by Crippen LogP contribution is -2.38. The Morgan fingerprint density at radius 2 is 2.15 bits per heavy atom. The molecule has 0 unspecified atom stereocenters. The number of morpholine rings is 1. The highest BCUT2D eigenvalue weighted by Crippen LogP contribution is 2.24. The summed E-state index contributed by atoms with van der Waals surface area (Å²) in [4.78, 5) is 2.36. The van der Waals surface area contributed by atoms with E-state index >= 15 is 0 Å². The van der Waals surface area contributed by atoms with Gasteiger partial charge in [-0.15, -0.1) is 6.58 Å². The van der Waals surface area contributed by atoms with Gasteiger partial charge in [0, 0.05) is 25.2 Å². The summed E-state index contributed by atoms with van der Waals surface area (Å²) in [5, 5.41) is 0. The van der Waals surface area contributed by atoms with Crippen LogP contribution in [0.1, 0.15) is 5.56 Å². The van der Waals surface area contributed by atoms with Crippen molar-refractivity contribution in [1.82, 2.24) is 4.90 Å². The molecule has 1 aliphatic rings. The first-order valence-electron chi connectivity index (χ1n) is 7.04. The Bertz CT molecular complexity index is 428. The molecule has 0 aliphatic carbocycles. The highest BCUT2D eigenvalue weighted by molar-refractivity contribution is 5.41. The van der Waals surface area contributed by atoms with Crippen LogP contribution in [0.25, 0.3) is 0 Å². The number of methoxy groups -OCH3 is 1. The molecule has 110 valence electrons. The second-order valence-electron chi connectivity index (χ2n) is 4.77. The van der Waals surface area contributed by atoms with E-state index in [2.05, 4.69) is 11.5 Å². The van der Waals surface area contributed by atoms with E-state index in [0.717, 1.165) is 56.3 Å². The fraction of sp³-hybridized carbons (Fsp3) is 0.500. The van der Waals surface area contributed by atoms with Gasteiger partial charge in [0.25, 0.3) is 0 Å². The summed E-state index contributed by atoms with van der Waals surface area (Å²) in [5.41, 5.74) is 1.11. The fourth-order valence-electron chi connectivity index (χ4n) is 2.25. The lowest BCUT2D eigenvalue weighted by molar-refractivity contribution is 0.0322.